The number of ether oxygens (including phenoxy) is 3. The second-order valence-corrected chi connectivity index (χ2v) is 18.2. The molecule has 1 fully saturated rings. The van der Waals surface area contributed by atoms with Gasteiger partial charge in [-0.1, -0.05) is 159 Å². The van der Waals surface area contributed by atoms with Crippen LogP contribution < -0.4 is 4.89 Å². The van der Waals surface area contributed by atoms with E-state index in [1.807, 2.05) is 27.2 Å². The van der Waals surface area contributed by atoms with Crippen molar-refractivity contribution in [1.82, 2.24) is 0 Å². The monoisotopic (exact) mass is 826 g/mol. The summed E-state index contributed by atoms with van der Waals surface area (Å²) in [6.45, 7) is 4.13. The number of carbonyl (C=O) groups is 2. The van der Waals surface area contributed by atoms with E-state index < -0.39 is 32.5 Å². The van der Waals surface area contributed by atoms with Crippen LogP contribution in [0.5, 0.6) is 0 Å². The fourth-order valence-electron chi connectivity index (χ4n) is 6.39. The van der Waals surface area contributed by atoms with E-state index in [-0.39, 0.29) is 26.1 Å². The van der Waals surface area contributed by atoms with E-state index in [4.69, 9.17) is 23.3 Å². The predicted molar refractivity (Wildman–Crippen MR) is 231 cm³/mol. The Labute approximate surface area is 348 Å². The number of unbranched alkanes of at least 4 members (excludes halogenated alkanes) is 17. The predicted octanol–water partition coefficient (Wildman–Crippen LogP) is 11.3. The van der Waals surface area contributed by atoms with Crippen LogP contribution in [0.1, 0.15) is 181 Å². The summed E-state index contributed by atoms with van der Waals surface area (Å²) in [7, 11) is 1.13. The molecule has 1 aliphatic heterocycles. The van der Waals surface area contributed by atoms with E-state index in [1.54, 1.807) is 0 Å². The van der Waals surface area contributed by atoms with E-state index in [0.717, 1.165) is 38.5 Å². The number of esters is 2. The molecule has 11 heteroatoms. The zero-order chi connectivity index (χ0) is 41.9. The molecule has 4 atom stereocenters. The van der Waals surface area contributed by atoms with Crippen molar-refractivity contribution in [3.8, 4) is 0 Å². The van der Waals surface area contributed by atoms with Crippen molar-refractivity contribution in [2.75, 3.05) is 47.5 Å². The SMILES string of the molecule is CCCCCCCCCCCCCCCCCC(=O)OC[C@H](COP(=O)([O-])OCC[N+](C)(C)C)OC(=O)CCC/C=C\C/C=C\C/C=C\CC1OC1CCCCC. The molecule has 1 aliphatic rings. The third-order valence-corrected chi connectivity index (χ3v) is 11.1. The third-order valence-electron chi connectivity index (χ3n) is 10.1. The fraction of sp³-hybridized carbons (Fsp3) is 0.826. The molecule has 0 aromatic carbocycles. The molecule has 1 heterocycles. The number of hydrogen-bond donors (Lipinski definition) is 0. The molecule has 0 aromatic heterocycles. The van der Waals surface area contributed by atoms with Gasteiger partial charge < -0.3 is 32.6 Å². The van der Waals surface area contributed by atoms with Crippen molar-refractivity contribution in [3.05, 3.63) is 36.5 Å². The highest BCUT2D eigenvalue weighted by Gasteiger charge is 2.36. The first-order valence-electron chi connectivity index (χ1n) is 22.8. The molecule has 0 aromatic rings. The first-order chi connectivity index (χ1) is 27.5. The molecule has 332 valence electrons. The summed E-state index contributed by atoms with van der Waals surface area (Å²) >= 11 is 0. The number of quaternary nitrogens is 1. The van der Waals surface area contributed by atoms with Gasteiger partial charge in [0.2, 0.25) is 0 Å². The van der Waals surface area contributed by atoms with Crippen molar-refractivity contribution in [3.63, 3.8) is 0 Å². The Bertz CT molecular complexity index is 1140. The third kappa shape index (κ3) is 35.8. The molecule has 10 nitrogen and oxygen atoms in total. The van der Waals surface area contributed by atoms with Gasteiger partial charge in [-0.25, -0.2) is 0 Å². The first-order valence-corrected chi connectivity index (χ1v) is 24.3. The van der Waals surface area contributed by atoms with Gasteiger partial charge in [-0.15, -0.1) is 0 Å². The minimum Gasteiger partial charge on any atom is -0.756 e. The van der Waals surface area contributed by atoms with Gasteiger partial charge in [0.25, 0.3) is 7.82 Å². The van der Waals surface area contributed by atoms with Crippen LogP contribution >= 0.6 is 7.82 Å². The molecule has 0 N–H and O–H groups in total. The van der Waals surface area contributed by atoms with Crippen LogP contribution in [0, 0.1) is 0 Å². The van der Waals surface area contributed by atoms with Gasteiger partial charge in [0.05, 0.1) is 40.0 Å². The molecule has 0 spiro atoms. The summed E-state index contributed by atoms with van der Waals surface area (Å²) in [4.78, 5) is 37.5. The largest absolute Gasteiger partial charge is 0.756 e. The summed E-state index contributed by atoms with van der Waals surface area (Å²) in [5, 5.41) is 0. The number of epoxide rings is 1. The summed E-state index contributed by atoms with van der Waals surface area (Å²) < 4.78 is 39.6. The number of phosphoric ester groups is 1. The molecular formula is C46H84NO9P. The number of nitrogens with zero attached hydrogens (tertiary/aromatic N) is 1. The smallest absolute Gasteiger partial charge is 0.306 e. The highest BCUT2D eigenvalue weighted by molar-refractivity contribution is 7.45. The lowest BCUT2D eigenvalue weighted by atomic mass is 10.0. The zero-order valence-corrected chi connectivity index (χ0v) is 37.9. The summed E-state index contributed by atoms with van der Waals surface area (Å²) in [5.74, 6) is -0.901. The van der Waals surface area contributed by atoms with Crippen LogP contribution in [0.2, 0.25) is 0 Å². The number of phosphoric acid groups is 1. The Morgan fingerprint density at radius 3 is 1.77 bits per heavy atom. The average Bonchev–Trinajstić information content (AvgIpc) is 3.91. The van der Waals surface area contributed by atoms with Gasteiger partial charge in [-0.05, 0) is 44.9 Å². The highest BCUT2D eigenvalue weighted by Crippen LogP contribution is 2.38. The Morgan fingerprint density at radius 1 is 0.649 bits per heavy atom. The van der Waals surface area contributed by atoms with Crippen molar-refractivity contribution in [1.29, 1.82) is 0 Å². The Balaban J connectivity index is 2.30. The standard InChI is InChI=1S/C46H84NO9P/c1-6-8-10-11-12-13-14-15-16-17-18-22-25-28-32-36-45(48)52-40-42(41-54-57(50,51)53-39-38-47(3,4)5)55-46(49)37-33-29-26-23-20-19-21-24-27-31-35-44-43(56-44)34-30-9-7-2/h19,21,23,26-27,31,42-44H,6-18,20,22,24-25,28-30,32-41H2,1-5H3/b21-19-,26-23-,31-27-/t42-,43?,44?/m1/s1. The van der Waals surface area contributed by atoms with Crippen LogP contribution in [0.4, 0.5) is 0 Å². The molecule has 0 radical (unpaired) electrons. The Kier molecular flexibility index (Phi) is 32.7. The number of allylic oxidation sites excluding steroid dienone is 5. The minimum atomic E-state index is -4.64. The number of hydrogen-bond acceptors (Lipinski definition) is 9. The zero-order valence-electron chi connectivity index (χ0n) is 37.0. The van der Waals surface area contributed by atoms with E-state index in [9.17, 15) is 19.0 Å². The molecule has 0 saturated carbocycles. The maximum absolute atomic E-state index is 12.7. The van der Waals surface area contributed by atoms with E-state index in [2.05, 4.69) is 44.2 Å². The Morgan fingerprint density at radius 2 is 1.18 bits per heavy atom. The van der Waals surface area contributed by atoms with Crippen LogP contribution in [0.25, 0.3) is 0 Å². The van der Waals surface area contributed by atoms with E-state index >= 15 is 0 Å². The maximum atomic E-state index is 12.7. The highest BCUT2D eigenvalue weighted by atomic mass is 31.2. The lowest BCUT2D eigenvalue weighted by Crippen LogP contribution is -2.37. The molecular weight excluding hydrogens is 741 g/mol. The number of carbonyl (C=O) groups excluding carboxylic acids is 2. The number of likely N-dealkylation sites (N-methyl/N-ethyl adjacent to an activating group) is 1. The maximum Gasteiger partial charge on any atom is 0.306 e. The second kappa shape index (κ2) is 35.0. The topological polar surface area (TPSA) is 124 Å². The summed E-state index contributed by atoms with van der Waals surface area (Å²) in [5.41, 5.74) is 0. The van der Waals surface area contributed by atoms with Gasteiger partial charge in [-0.3, -0.25) is 14.2 Å². The normalized spacial score (nSPS) is 17.4. The van der Waals surface area contributed by atoms with Crippen LogP contribution in [-0.2, 0) is 37.4 Å². The lowest BCUT2D eigenvalue weighted by Gasteiger charge is -2.28. The molecule has 57 heavy (non-hydrogen) atoms. The molecule has 1 saturated heterocycles. The Hall–Kier alpha value is -1.81. The fourth-order valence-corrected chi connectivity index (χ4v) is 7.12. The van der Waals surface area contributed by atoms with Gasteiger partial charge in [0.15, 0.2) is 6.10 Å². The van der Waals surface area contributed by atoms with Crippen molar-refractivity contribution in [2.45, 2.75) is 199 Å². The molecule has 1 rings (SSSR count). The summed E-state index contributed by atoms with van der Waals surface area (Å²) in [6, 6.07) is 0. The van der Waals surface area contributed by atoms with Crippen molar-refractivity contribution >= 4 is 19.8 Å². The molecule has 3 unspecified atom stereocenters. The van der Waals surface area contributed by atoms with Crippen molar-refractivity contribution < 1.29 is 46.8 Å². The first kappa shape index (κ1) is 53.2. The van der Waals surface area contributed by atoms with Gasteiger partial charge in [-0.2, -0.15) is 0 Å². The van der Waals surface area contributed by atoms with Crippen LogP contribution in [0.15, 0.2) is 36.5 Å². The van der Waals surface area contributed by atoms with Gasteiger partial charge >= 0.3 is 11.9 Å². The van der Waals surface area contributed by atoms with E-state index in [0.29, 0.717) is 36.1 Å². The van der Waals surface area contributed by atoms with Gasteiger partial charge in [0.1, 0.15) is 19.8 Å². The van der Waals surface area contributed by atoms with Gasteiger partial charge in [0, 0.05) is 12.8 Å². The molecule has 0 aliphatic carbocycles. The van der Waals surface area contributed by atoms with Crippen molar-refractivity contribution in [2.24, 2.45) is 0 Å². The van der Waals surface area contributed by atoms with Crippen LogP contribution in [-0.4, -0.2) is 82.2 Å². The lowest BCUT2D eigenvalue weighted by molar-refractivity contribution is -0.870. The summed E-state index contributed by atoms with van der Waals surface area (Å²) in [6.07, 6.45) is 40.6. The molecule has 0 amide bonds. The van der Waals surface area contributed by atoms with E-state index in [1.165, 1.54) is 103 Å². The second-order valence-electron chi connectivity index (χ2n) is 16.8. The minimum absolute atomic E-state index is 0.0425. The quantitative estimate of drug-likeness (QED) is 0.0148. The van der Waals surface area contributed by atoms with Crippen LogP contribution in [0.3, 0.4) is 0 Å². The average molecular weight is 826 g/mol. The molecule has 0 bridgehead atoms. The number of rotatable bonds is 40.